The molecule has 1 atom stereocenters. The maximum atomic E-state index is 13.4. The molecule has 2 heterocycles. The quantitative estimate of drug-likeness (QED) is 0.353. The second-order valence-electron chi connectivity index (χ2n) is 8.58. The topological polar surface area (TPSA) is 139 Å². The number of amides is 2. The van der Waals surface area contributed by atoms with Gasteiger partial charge in [0.2, 0.25) is 11.6 Å². The van der Waals surface area contributed by atoms with Crippen LogP contribution in [0.4, 0.5) is 4.39 Å². The summed E-state index contributed by atoms with van der Waals surface area (Å²) in [6, 6.07) is 8.53. The number of carboxylic acid groups (broad SMARTS) is 1. The molecule has 12 heteroatoms. The van der Waals surface area contributed by atoms with Crippen LogP contribution in [-0.2, 0) is 13.0 Å². The number of rotatable bonds is 6. The van der Waals surface area contributed by atoms with E-state index in [0.29, 0.717) is 24.0 Å². The van der Waals surface area contributed by atoms with E-state index in [2.05, 4.69) is 25.7 Å². The van der Waals surface area contributed by atoms with Crippen molar-refractivity contribution in [3.63, 3.8) is 0 Å². The minimum absolute atomic E-state index is 0.0453. The van der Waals surface area contributed by atoms with Crippen LogP contribution in [0, 0.1) is 12.7 Å². The van der Waals surface area contributed by atoms with E-state index in [4.69, 9.17) is 11.6 Å². The first-order chi connectivity index (χ1) is 17.7. The van der Waals surface area contributed by atoms with Crippen LogP contribution in [0.3, 0.4) is 0 Å². The number of carbonyl (C=O) groups is 3. The first-order valence-corrected chi connectivity index (χ1v) is 11.7. The second kappa shape index (κ2) is 9.58. The predicted octanol–water partition coefficient (Wildman–Crippen LogP) is 3.27. The Labute approximate surface area is 214 Å². The van der Waals surface area contributed by atoms with Crippen molar-refractivity contribution in [3.8, 4) is 0 Å². The summed E-state index contributed by atoms with van der Waals surface area (Å²) in [5, 5.41) is 18.9. The van der Waals surface area contributed by atoms with Gasteiger partial charge in [0.1, 0.15) is 5.82 Å². The molecule has 188 valence electrons. The summed E-state index contributed by atoms with van der Waals surface area (Å²) in [6.07, 6.45) is 2.64. The molecule has 2 aromatic heterocycles. The first-order valence-electron chi connectivity index (χ1n) is 11.3. The maximum absolute atomic E-state index is 13.4. The fraction of sp³-hybridized carbons (Fsp3) is 0.200. The summed E-state index contributed by atoms with van der Waals surface area (Å²) in [5.41, 5.74) is 3.49. The molecule has 0 saturated heterocycles. The molecule has 0 aliphatic heterocycles. The number of halogens is 2. The minimum Gasteiger partial charge on any atom is -0.478 e. The molecular formula is C25H20ClFN6O4. The number of hydrogen-bond donors (Lipinski definition) is 3. The molecule has 0 spiro atoms. The normalized spacial score (nSPS) is 14.4. The van der Waals surface area contributed by atoms with Crippen molar-refractivity contribution in [2.24, 2.45) is 0 Å². The number of nitrogens with zero attached hydrogens (tertiary/aromatic N) is 4. The molecule has 0 fully saturated rings. The van der Waals surface area contributed by atoms with Crippen LogP contribution in [0.25, 0.3) is 5.65 Å². The van der Waals surface area contributed by atoms with Gasteiger partial charge in [-0.15, -0.1) is 0 Å². The average Bonchev–Trinajstić information content (AvgIpc) is 3.51. The van der Waals surface area contributed by atoms with Crippen molar-refractivity contribution in [1.82, 2.24) is 30.2 Å². The highest BCUT2D eigenvalue weighted by molar-refractivity contribution is 6.30. The van der Waals surface area contributed by atoms with Crippen molar-refractivity contribution >= 4 is 35.0 Å². The molecule has 10 nitrogen and oxygen atoms in total. The van der Waals surface area contributed by atoms with Crippen LogP contribution in [-0.4, -0.2) is 42.5 Å². The molecule has 0 unspecified atom stereocenters. The Morgan fingerprint density at radius 3 is 2.73 bits per heavy atom. The predicted molar refractivity (Wildman–Crippen MR) is 130 cm³/mol. The van der Waals surface area contributed by atoms with Crippen LogP contribution in [0.5, 0.6) is 0 Å². The minimum atomic E-state index is -0.997. The molecule has 3 N–H and O–H groups in total. The number of fused-ring (bicyclic) bond motifs is 2. The number of nitrogens with one attached hydrogen (secondary N) is 2. The molecule has 5 rings (SSSR count). The lowest BCUT2D eigenvalue weighted by atomic mass is 9.98. The van der Waals surface area contributed by atoms with Crippen molar-refractivity contribution in [2.75, 3.05) is 0 Å². The second-order valence-corrected chi connectivity index (χ2v) is 8.99. The molecule has 2 aromatic carbocycles. The molecule has 0 saturated carbocycles. The van der Waals surface area contributed by atoms with Gasteiger partial charge in [-0.25, -0.2) is 14.2 Å². The number of carbonyl (C=O) groups excluding carboxylic acids is 2. The smallest absolute Gasteiger partial charge is 0.335 e. The van der Waals surface area contributed by atoms with Gasteiger partial charge in [-0.05, 0) is 60.2 Å². The Bertz CT molecular complexity index is 1590. The Morgan fingerprint density at radius 2 is 1.97 bits per heavy atom. The molecule has 4 aromatic rings. The van der Waals surface area contributed by atoms with Crippen molar-refractivity contribution in [1.29, 1.82) is 0 Å². The van der Waals surface area contributed by atoms with E-state index in [1.807, 2.05) is 0 Å². The average molecular weight is 523 g/mol. The number of aromatic carboxylic acids is 1. The highest BCUT2D eigenvalue weighted by Gasteiger charge is 2.29. The van der Waals surface area contributed by atoms with Gasteiger partial charge in [0.15, 0.2) is 5.65 Å². The molecule has 0 radical (unpaired) electrons. The zero-order valence-electron chi connectivity index (χ0n) is 19.5. The van der Waals surface area contributed by atoms with E-state index in [0.717, 1.165) is 11.1 Å². The lowest BCUT2D eigenvalue weighted by Gasteiger charge is -2.15. The van der Waals surface area contributed by atoms with Gasteiger partial charge >= 0.3 is 5.97 Å². The van der Waals surface area contributed by atoms with Gasteiger partial charge in [0.25, 0.3) is 11.8 Å². The third kappa shape index (κ3) is 4.60. The lowest BCUT2D eigenvalue weighted by Crippen LogP contribution is -2.32. The van der Waals surface area contributed by atoms with Crippen LogP contribution >= 0.6 is 11.6 Å². The van der Waals surface area contributed by atoms with Gasteiger partial charge in [-0.1, -0.05) is 23.7 Å². The van der Waals surface area contributed by atoms with Gasteiger partial charge in [0, 0.05) is 12.6 Å². The zero-order chi connectivity index (χ0) is 26.3. The molecule has 1 aliphatic rings. The van der Waals surface area contributed by atoms with E-state index in [-0.39, 0.29) is 40.5 Å². The molecular weight excluding hydrogens is 503 g/mol. The third-order valence-electron chi connectivity index (χ3n) is 6.33. The number of carboxylic acids is 1. The Morgan fingerprint density at radius 1 is 1.16 bits per heavy atom. The molecule has 1 aliphatic carbocycles. The molecule has 2 amide bonds. The fourth-order valence-corrected chi connectivity index (χ4v) is 4.67. The number of aromatic nitrogens is 4. The van der Waals surface area contributed by atoms with Gasteiger partial charge < -0.3 is 15.7 Å². The monoisotopic (exact) mass is 522 g/mol. The number of hydrogen-bond acceptors (Lipinski definition) is 6. The standard InChI is InChI=1S/C25H20ClFN6O4/c1-12-14-5-7-19(16(14)4-3-15(12)25(36)37)30-23(34)21-31-20-8-9-29-33(20)22(32-21)24(35)28-11-13-2-6-18(27)17(26)10-13/h2-4,6,8-10,19H,5,7,11H2,1H3,(H,28,35)(H,30,34)(H,36,37)/t19-/m0/s1. The van der Waals surface area contributed by atoms with E-state index < -0.39 is 23.6 Å². The summed E-state index contributed by atoms with van der Waals surface area (Å²) in [7, 11) is 0. The van der Waals surface area contributed by atoms with Crippen molar-refractivity contribution in [3.05, 3.63) is 92.9 Å². The maximum Gasteiger partial charge on any atom is 0.335 e. The highest BCUT2D eigenvalue weighted by atomic mass is 35.5. The van der Waals surface area contributed by atoms with Crippen LogP contribution in [0.1, 0.15) is 66.3 Å². The summed E-state index contributed by atoms with van der Waals surface area (Å²) < 4.78 is 14.6. The molecule has 37 heavy (non-hydrogen) atoms. The SMILES string of the molecule is Cc1c(C(=O)O)ccc2c1CC[C@@H]2NC(=O)c1nc(C(=O)NCc2ccc(F)c(Cl)c2)n2nccc2n1. The highest BCUT2D eigenvalue weighted by Crippen LogP contribution is 2.34. The van der Waals surface area contributed by atoms with Crippen LogP contribution < -0.4 is 10.6 Å². The number of benzene rings is 2. The van der Waals surface area contributed by atoms with Crippen LogP contribution in [0.15, 0.2) is 42.6 Å². The van der Waals surface area contributed by atoms with Gasteiger partial charge in [-0.3, -0.25) is 9.59 Å². The third-order valence-corrected chi connectivity index (χ3v) is 6.62. The van der Waals surface area contributed by atoms with Crippen molar-refractivity contribution < 1.29 is 23.9 Å². The summed E-state index contributed by atoms with van der Waals surface area (Å²) in [6.45, 7) is 1.80. The van der Waals surface area contributed by atoms with Crippen LogP contribution in [0.2, 0.25) is 5.02 Å². The van der Waals surface area contributed by atoms with E-state index in [1.54, 1.807) is 13.0 Å². The summed E-state index contributed by atoms with van der Waals surface area (Å²) in [5.74, 6) is -3.13. The van der Waals surface area contributed by atoms with Gasteiger partial charge in [-0.2, -0.15) is 14.6 Å². The largest absolute Gasteiger partial charge is 0.478 e. The molecule has 0 bridgehead atoms. The Hall–Kier alpha value is -4.38. The zero-order valence-corrected chi connectivity index (χ0v) is 20.2. The summed E-state index contributed by atoms with van der Waals surface area (Å²) >= 11 is 5.80. The lowest BCUT2D eigenvalue weighted by molar-refractivity contribution is 0.0695. The first kappa shape index (κ1) is 24.3. The Balaban J connectivity index is 1.37. The fourth-order valence-electron chi connectivity index (χ4n) is 4.47. The van der Waals surface area contributed by atoms with E-state index >= 15 is 0 Å². The Kier molecular flexibility index (Phi) is 6.30. The van der Waals surface area contributed by atoms with Gasteiger partial charge in [0.05, 0.1) is 22.8 Å². The van der Waals surface area contributed by atoms with Crippen molar-refractivity contribution in [2.45, 2.75) is 32.4 Å². The van der Waals surface area contributed by atoms with E-state index in [9.17, 15) is 23.9 Å². The summed E-state index contributed by atoms with van der Waals surface area (Å²) in [4.78, 5) is 45.9. The van der Waals surface area contributed by atoms with E-state index in [1.165, 1.54) is 41.0 Å².